The Kier molecular flexibility index (Phi) is 5.85. The molecule has 92 valence electrons. The predicted molar refractivity (Wildman–Crippen MR) is 68.9 cm³/mol. The van der Waals surface area contributed by atoms with Crippen LogP contribution < -0.4 is 5.32 Å². The van der Waals surface area contributed by atoms with Crippen molar-refractivity contribution in [2.45, 2.75) is 52.6 Å². The number of aryl methyl sites for hydroxylation is 1. The van der Waals surface area contributed by atoms with Gasteiger partial charge < -0.3 is 5.32 Å². The molecular weight excluding hydrogens is 222 g/mol. The van der Waals surface area contributed by atoms with Gasteiger partial charge in [0, 0.05) is 6.54 Å². The molecule has 1 heterocycles. The van der Waals surface area contributed by atoms with Gasteiger partial charge in [-0.05, 0) is 25.8 Å². The monoisotopic (exact) mass is 243 g/mol. The Bertz CT molecular complexity index is 309. The molecule has 0 aromatic carbocycles. The first-order valence-electron chi connectivity index (χ1n) is 6.19. The SMILES string of the molecule is CCCNC(CC)c1c(Cl)cnn1CCC. The van der Waals surface area contributed by atoms with Crippen LogP contribution in [0.25, 0.3) is 0 Å². The summed E-state index contributed by atoms with van der Waals surface area (Å²) >= 11 is 6.21. The molecule has 1 atom stereocenters. The van der Waals surface area contributed by atoms with Crippen LogP contribution in [0, 0.1) is 0 Å². The molecule has 3 nitrogen and oxygen atoms in total. The fourth-order valence-electron chi connectivity index (χ4n) is 1.86. The maximum absolute atomic E-state index is 6.21. The number of hydrogen-bond donors (Lipinski definition) is 1. The molecule has 0 aliphatic carbocycles. The first kappa shape index (κ1) is 13.5. The van der Waals surface area contributed by atoms with Gasteiger partial charge in [-0.15, -0.1) is 0 Å². The van der Waals surface area contributed by atoms with Gasteiger partial charge >= 0.3 is 0 Å². The first-order valence-corrected chi connectivity index (χ1v) is 6.56. The fraction of sp³-hybridized carbons (Fsp3) is 0.750. The normalized spacial score (nSPS) is 13.0. The van der Waals surface area contributed by atoms with Gasteiger partial charge in [-0.25, -0.2) is 0 Å². The van der Waals surface area contributed by atoms with Crippen molar-refractivity contribution in [3.8, 4) is 0 Å². The molecule has 16 heavy (non-hydrogen) atoms. The van der Waals surface area contributed by atoms with Crippen molar-refractivity contribution in [3.63, 3.8) is 0 Å². The van der Waals surface area contributed by atoms with E-state index in [-0.39, 0.29) is 0 Å². The number of aromatic nitrogens is 2. The summed E-state index contributed by atoms with van der Waals surface area (Å²) in [4.78, 5) is 0. The molecule has 0 aliphatic rings. The second kappa shape index (κ2) is 6.92. The minimum Gasteiger partial charge on any atom is -0.309 e. The zero-order chi connectivity index (χ0) is 12.0. The summed E-state index contributed by atoms with van der Waals surface area (Å²) in [6, 6.07) is 0.321. The maximum atomic E-state index is 6.21. The molecule has 0 saturated heterocycles. The summed E-state index contributed by atoms with van der Waals surface area (Å²) in [7, 11) is 0. The Morgan fingerprint density at radius 3 is 2.69 bits per heavy atom. The second-order valence-corrected chi connectivity index (χ2v) is 4.42. The highest BCUT2D eigenvalue weighted by Gasteiger charge is 2.17. The summed E-state index contributed by atoms with van der Waals surface area (Å²) < 4.78 is 2.03. The Balaban J connectivity index is 2.84. The molecule has 0 aliphatic heterocycles. The van der Waals surface area contributed by atoms with E-state index in [0.29, 0.717) is 6.04 Å². The smallest absolute Gasteiger partial charge is 0.0834 e. The van der Waals surface area contributed by atoms with Gasteiger partial charge in [0.2, 0.25) is 0 Å². The number of hydrogen-bond acceptors (Lipinski definition) is 2. The van der Waals surface area contributed by atoms with Crippen LogP contribution in [0.1, 0.15) is 51.8 Å². The average Bonchev–Trinajstić information content (AvgIpc) is 2.63. The molecule has 0 fully saturated rings. The summed E-state index contributed by atoms with van der Waals surface area (Å²) in [5, 5.41) is 8.62. The van der Waals surface area contributed by atoms with E-state index >= 15 is 0 Å². The molecule has 0 bridgehead atoms. The molecule has 1 rings (SSSR count). The maximum Gasteiger partial charge on any atom is 0.0834 e. The number of nitrogens with zero attached hydrogens (tertiary/aromatic N) is 2. The van der Waals surface area contributed by atoms with Gasteiger partial charge in [-0.3, -0.25) is 4.68 Å². The van der Waals surface area contributed by atoms with Crippen molar-refractivity contribution in [2.75, 3.05) is 6.54 Å². The zero-order valence-corrected chi connectivity index (χ0v) is 11.2. The molecule has 1 aromatic heterocycles. The lowest BCUT2D eigenvalue weighted by molar-refractivity contribution is 0.461. The van der Waals surface area contributed by atoms with Crippen molar-refractivity contribution >= 4 is 11.6 Å². The molecule has 0 radical (unpaired) electrons. The van der Waals surface area contributed by atoms with Crippen LogP contribution >= 0.6 is 11.6 Å². The topological polar surface area (TPSA) is 29.9 Å². The van der Waals surface area contributed by atoms with Crippen LogP contribution in [0.2, 0.25) is 5.02 Å². The Hall–Kier alpha value is -0.540. The molecule has 1 N–H and O–H groups in total. The third kappa shape index (κ3) is 3.22. The van der Waals surface area contributed by atoms with E-state index in [2.05, 4.69) is 31.2 Å². The van der Waals surface area contributed by atoms with Gasteiger partial charge in [-0.2, -0.15) is 5.10 Å². The molecule has 0 amide bonds. The number of halogens is 1. The van der Waals surface area contributed by atoms with Crippen molar-refractivity contribution in [1.82, 2.24) is 15.1 Å². The number of rotatable bonds is 7. The zero-order valence-electron chi connectivity index (χ0n) is 10.5. The van der Waals surface area contributed by atoms with Crippen molar-refractivity contribution < 1.29 is 0 Å². The van der Waals surface area contributed by atoms with E-state index in [4.69, 9.17) is 11.6 Å². The van der Waals surface area contributed by atoms with Gasteiger partial charge in [0.1, 0.15) is 0 Å². The van der Waals surface area contributed by atoms with Crippen LogP contribution in [-0.2, 0) is 6.54 Å². The number of nitrogens with one attached hydrogen (secondary N) is 1. The Morgan fingerprint density at radius 1 is 1.38 bits per heavy atom. The van der Waals surface area contributed by atoms with E-state index in [1.807, 2.05) is 4.68 Å². The minimum atomic E-state index is 0.321. The van der Waals surface area contributed by atoms with Crippen LogP contribution in [0.4, 0.5) is 0 Å². The lowest BCUT2D eigenvalue weighted by Crippen LogP contribution is -2.24. The molecule has 0 saturated carbocycles. The average molecular weight is 244 g/mol. The van der Waals surface area contributed by atoms with Gasteiger partial charge in [-0.1, -0.05) is 32.4 Å². The highest BCUT2D eigenvalue weighted by atomic mass is 35.5. The molecule has 1 unspecified atom stereocenters. The minimum absolute atomic E-state index is 0.321. The van der Waals surface area contributed by atoms with Crippen molar-refractivity contribution in [3.05, 3.63) is 16.9 Å². The summed E-state index contributed by atoms with van der Waals surface area (Å²) in [5.41, 5.74) is 1.14. The van der Waals surface area contributed by atoms with Crippen molar-refractivity contribution in [2.24, 2.45) is 0 Å². The van der Waals surface area contributed by atoms with Crippen LogP contribution in [0.3, 0.4) is 0 Å². The third-order valence-corrected chi connectivity index (χ3v) is 2.94. The predicted octanol–water partition coefficient (Wildman–Crippen LogP) is 3.40. The van der Waals surface area contributed by atoms with E-state index in [0.717, 1.165) is 43.1 Å². The lowest BCUT2D eigenvalue weighted by Gasteiger charge is -2.18. The highest BCUT2D eigenvalue weighted by Crippen LogP contribution is 2.25. The summed E-state index contributed by atoms with van der Waals surface area (Å²) in [6.45, 7) is 8.45. The second-order valence-electron chi connectivity index (χ2n) is 4.02. The highest BCUT2D eigenvalue weighted by molar-refractivity contribution is 6.31. The van der Waals surface area contributed by atoms with E-state index in [1.54, 1.807) is 6.20 Å². The van der Waals surface area contributed by atoms with E-state index in [9.17, 15) is 0 Å². The molecule has 1 aromatic rings. The summed E-state index contributed by atoms with van der Waals surface area (Å²) in [5.74, 6) is 0. The van der Waals surface area contributed by atoms with Crippen molar-refractivity contribution in [1.29, 1.82) is 0 Å². The first-order chi connectivity index (χ1) is 7.74. The van der Waals surface area contributed by atoms with Crippen LogP contribution in [0.5, 0.6) is 0 Å². The lowest BCUT2D eigenvalue weighted by atomic mass is 10.1. The Labute approximate surface area is 103 Å². The summed E-state index contributed by atoms with van der Waals surface area (Å²) in [6.07, 6.45) is 5.00. The molecular formula is C12H22ClN3. The fourth-order valence-corrected chi connectivity index (χ4v) is 2.13. The molecule has 0 spiro atoms. The largest absolute Gasteiger partial charge is 0.309 e. The van der Waals surface area contributed by atoms with E-state index in [1.165, 1.54) is 0 Å². The van der Waals surface area contributed by atoms with Gasteiger partial charge in [0.15, 0.2) is 0 Å². The van der Waals surface area contributed by atoms with Gasteiger partial charge in [0.25, 0.3) is 0 Å². The third-order valence-electron chi connectivity index (χ3n) is 2.65. The quantitative estimate of drug-likeness (QED) is 0.796. The standard InChI is InChI=1S/C12H22ClN3/c1-4-7-14-11(6-3)12-10(13)9-15-16(12)8-5-2/h9,11,14H,4-8H2,1-3H3. The van der Waals surface area contributed by atoms with E-state index < -0.39 is 0 Å². The van der Waals surface area contributed by atoms with Crippen LogP contribution in [-0.4, -0.2) is 16.3 Å². The Morgan fingerprint density at radius 2 is 2.12 bits per heavy atom. The van der Waals surface area contributed by atoms with Gasteiger partial charge in [0.05, 0.1) is 23.0 Å². The van der Waals surface area contributed by atoms with Crippen LogP contribution in [0.15, 0.2) is 6.20 Å². The molecule has 4 heteroatoms.